The second-order valence-corrected chi connectivity index (χ2v) is 8.42. The molecule has 4 nitrogen and oxygen atoms in total. The van der Waals surface area contributed by atoms with Gasteiger partial charge in [0, 0.05) is 17.8 Å². The lowest BCUT2D eigenvalue weighted by molar-refractivity contribution is 0.181. The number of nitrogens with two attached hydrogens (primary N) is 1. The van der Waals surface area contributed by atoms with E-state index in [1.165, 1.54) is 57.3 Å². The highest BCUT2D eigenvalue weighted by Crippen LogP contribution is 2.23. The number of benzene rings is 2. The van der Waals surface area contributed by atoms with E-state index in [9.17, 15) is 5.11 Å². The molecule has 0 aliphatic carbocycles. The van der Waals surface area contributed by atoms with E-state index >= 15 is 0 Å². The van der Waals surface area contributed by atoms with Crippen LogP contribution in [0.5, 0.6) is 5.75 Å². The molecule has 0 amide bonds. The number of phenols is 1. The van der Waals surface area contributed by atoms with E-state index in [1.807, 2.05) is 18.2 Å². The largest absolute Gasteiger partial charge is 0.507 e. The van der Waals surface area contributed by atoms with Gasteiger partial charge in [-0.15, -0.1) is 0 Å². The first-order valence-corrected chi connectivity index (χ1v) is 11.5. The lowest BCUT2D eigenvalue weighted by Crippen LogP contribution is -2.35. The number of aromatic hydroxyl groups is 1. The fraction of sp³-hybridized carbons (Fsp3) is 0.500. The first-order chi connectivity index (χ1) is 14.8. The first kappa shape index (κ1) is 22.5. The summed E-state index contributed by atoms with van der Waals surface area (Å²) >= 11 is 0. The molecule has 1 heterocycles. The van der Waals surface area contributed by atoms with Gasteiger partial charge in [0.2, 0.25) is 0 Å². The molecule has 1 fully saturated rings. The van der Waals surface area contributed by atoms with Crippen molar-refractivity contribution in [3.8, 4) is 5.75 Å². The number of phenolic OH excluding ortho intramolecular Hbond substituents is 1. The Hall–Kier alpha value is -2.17. The van der Waals surface area contributed by atoms with Crippen LogP contribution in [0, 0.1) is 5.92 Å². The number of para-hydroxylation sites is 1. The summed E-state index contributed by atoms with van der Waals surface area (Å²) in [5.74, 6) is 1.15. The Balaban J connectivity index is 1.34. The van der Waals surface area contributed by atoms with Gasteiger partial charge < -0.3 is 15.7 Å². The van der Waals surface area contributed by atoms with Crippen molar-refractivity contribution in [3.63, 3.8) is 0 Å². The summed E-state index contributed by atoms with van der Waals surface area (Å²) in [6.07, 6.45) is 8.29. The van der Waals surface area contributed by atoms with Crippen LogP contribution in [0.3, 0.4) is 0 Å². The Labute approximate surface area is 181 Å². The van der Waals surface area contributed by atoms with Crippen molar-refractivity contribution in [1.29, 1.82) is 0 Å². The lowest BCUT2D eigenvalue weighted by atomic mass is 9.90. The zero-order valence-electron chi connectivity index (χ0n) is 18.2. The fourth-order valence-corrected chi connectivity index (χ4v) is 4.38. The standard InChI is InChI=1S/C26H37N3O/c27-16-17-28-25(24-11-6-7-13-26(24)30)12-5-2-8-18-29-19-14-23(15-20-29)21-22-9-3-1-4-10-22/h1,3-4,6-7,9-11,13,23,30H,2,5,8,12,14-21,27H2. The number of aliphatic imine (C=N–C) groups is 1. The predicted octanol–water partition coefficient (Wildman–Crippen LogP) is 4.66. The molecule has 30 heavy (non-hydrogen) atoms. The summed E-state index contributed by atoms with van der Waals surface area (Å²) in [7, 11) is 0. The Morgan fingerprint density at radius 1 is 0.967 bits per heavy atom. The molecule has 0 radical (unpaired) electrons. The zero-order valence-corrected chi connectivity index (χ0v) is 18.2. The molecule has 0 saturated carbocycles. The van der Waals surface area contributed by atoms with Crippen LogP contribution in [0.1, 0.15) is 49.7 Å². The summed E-state index contributed by atoms with van der Waals surface area (Å²) in [5, 5.41) is 10.1. The van der Waals surface area contributed by atoms with Gasteiger partial charge in [0.25, 0.3) is 0 Å². The number of rotatable bonds is 11. The van der Waals surface area contributed by atoms with Crippen LogP contribution in [0.25, 0.3) is 0 Å². The highest BCUT2D eigenvalue weighted by atomic mass is 16.3. The quantitative estimate of drug-likeness (QED) is 0.421. The summed E-state index contributed by atoms with van der Waals surface area (Å²) in [4.78, 5) is 7.26. The average Bonchev–Trinajstić information content (AvgIpc) is 2.78. The van der Waals surface area contributed by atoms with Gasteiger partial charge in [-0.25, -0.2) is 0 Å². The van der Waals surface area contributed by atoms with Crippen LogP contribution < -0.4 is 5.73 Å². The molecular formula is C26H37N3O. The van der Waals surface area contributed by atoms with Crippen LogP contribution >= 0.6 is 0 Å². The second kappa shape index (κ2) is 12.5. The maximum Gasteiger partial charge on any atom is 0.124 e. The molecule has 4 heteroatoms. The van der Waals surface area contributed by atoms with Crippen molar-refractivity contribution < 1.29 is 5.11 Å². The van der Waals surface area contributed by atoms with E-state index in [4.69, 9.17) is 5.73 Å². The summed E-state index contributed by atoms with van der Waals surface area (Å²) in [5.41, 5.74) is 8.95. The average molecular weight is 408 g/mol. The zero-order chi connectivity index (χ0) is 21.0. The van der Waals surface area contributed by atoms with Crippen molar-refractivity contribution in [2.75, 3.05) is 32.7 Å². The van der Waals surface area contributed by atoms with Gasteiger partial charge >= 0.3 is 0 Å². The van der Waals surface area contributed by atoms with Gasteiger partial charge in [-0.1, -0.05) is 48.9 Å². The van der Waals surface area contributed by atoms with Crippen molar-refractivity contribution in [2.45, 2.75) is 44.9 Å². The smallest absolute Gasteiger partial charge is 0.124 e. The van der Waals surface area contributed by atoms with Crippen molar-refractivity contribution in [2.24, 2.45) is 16.6 Å². The number of likely N-dealkylation sites (tertiary alicyclic amines) is 1. The molecular weight excluding hydrogens is 370 g/mol. The van der Waals surface area contributed by atoms with E-state index < -0.39 is 0 Å². The highest BCUT2D eigenvalue weighted by Gasteiger charge is 2.19. The van der Waals surface area contributed by atoms with E-state index in [-0.39, 0.29) is 0 Å². The summed E-state index contributed by atoms with van der Waals surface area (Å²) in [6, 6.07) is 18.4. The number of unbranched alkanes of at least 4 members (excludes halogenated alkanes) is 2. The van der Waals surface area contributed by atoms with Crippen LogP contribution in [-0.2, 0) is 6.42 Å². The third-order valence-electron chi connectivity index (χ3n) is 6.11. The van der Waals surface area contributed by atoms with Gasteiger partial charge in [0.15, 0.2) is 0 Å². The minimum absolute atomic E-state index is 0.312. The topological polar surface area (TPSA) is 61.8 Å². The molecule has 0 spiro atoms. The first-order valence-electron chi connectivity index (χ1n) is 11.5. The van der Waals surface area contributed by atoms with E-state index in [1.54, 1.807) is 6.07 Å². The van der Waals surface area contributed by atoms with E-state index in [0.717, 1.165) is 30.0 Å². The molecule has 0 bridgehead atoms. The van der Waals surface area contributed by atoms with Crippen LogP contribution in [0.2, 0.25) is 0 Å². The van der Waals surface area contributed by atoms with Gasteiger partial charge in [0.05, 0.1) is 6.54 Å². The van der Waals surface area contributed by atoms with Crippen molar-refractivity contribution in [1.82, 2.24) is 4.90 Å². The molecule has 2 aromatic carbocycles. The van der Waals surface area contributed by atoms with E-state index in [0.29, 0.717) is 18.8 Å². The number of nitrogens with zero attached hydrogens (tertiary/aromatic N) is 2. The minimum Gasteiger partial charge on any atom is -0.507 e. The molecule has 2 aromatic rings. The van der Waals surface area contributed by atoms with Gasteiger partial charge in [0.1, 0.15) is 5.75 Å². The van der Waals surface area contributed by atoms with Crippen LogP contribution in [0.4, 0.5) is 0 Å². The Morgan fingerprint density at radius 3 is 2.43 bits per heavy atom. The molecule has 162 valence electrons. The van der Waals surface area contributed by atoms with Crippen molar-refractivity contribution in [3.05, 3.63) is 65.7 Å². The number of hydrogen-bond acceptors (Lipinski definition) is 4. The Kier molecular flexibility index (Phi) is 9.39. The Bertz CT molecular complexity index is 767. The van der Waals surface area contributed by atoms with Gasteiger partial charge in [-0.05, 0) is 81.8 Å². The fourth-order valence-electron chi connectivity index (χ4n) is 4.38. The summed E-state index contributed by atoms with van der Waals surface area (Å²) < 4.78 is 0. The maximum absolute atomic E-state index is 10.1. The normalized spacial score (nSPS) is 16.1. The third-order valence-corrected chi connectivity index (χ3v) is 6.11. The third kappa shape index (κ3) is 7.26. The molecule has 1 saturated heterocycles. The Morgan fingerprint density at radius 2 is 1.70 bits per heavy atom. The highest BCUT2D eigenvalue weighted by molar-refractivity contribution is 6.02. The minimum atomic E-state index is 0.312. The predicted molar refractivity (Wildman–Crippen MR) is 126 cm³/mol. The molecule has 0 unspecified atom stereocenters. The molecule has 0 atom stereocenters. The molecule has 3 rings (SSSR count). The monoisotopic (exact) mass is 407 g/mol. The lowest BCUT2D eigenvalue weighted by Gasteiger charge is -2.32. The molecule has 1 aliphatic rings. The number of hydrogen-bond donors (Lipinski definition) is 2. The van der Waals surface area contributed by atoms with Crippen LogP contribution in [0.15, 0.2) is 59.6 Å². The van der Waals surface area contributed by atoms with E-state index in [2.05, 4.69) is 40.2 Å². The summed E-state index contributed by atoms with van der Waals surface area (Å²) in [6.45, 7) is 4.82. The van der Waals surface area contributed by atoms with Crippen LogP contribution in [-0.4, -0.2) is 48.4 Å². The molecule has 3 N–H and O–H groups in total. The number of piperidine rings is 1. The van der Waals surface area contributed by atoms with Gasteiger partial charge in [-0.2, -0.15) is 0 Å². The maximum atomic E-state index is 10.1. The molecule has 0 aromatic heterocycles. The SMILES string of the molecule is NCCN=C(CCCCCN1CCC(Cc2ccccc2)CC1)c1ccccc1O. The second-order valence-electron chi connectivity index (χ2n) is 8.42. The molecule has 1 aliphatic heterocycles. The van der Waals surface area contributed by atoms with Gasteiger partial charge in [-0.3, -0.25) is 4.99 Å². The van der Waals surface area contributed by atoms with Crippen molar-refractivity contribution >= 4 is 5.71 Å².